The van der Waals surface area contributed by atoms with E-state index in [4.69, 9.17) is 0 Å². The molecule has 0 aliphatic rings. The fourth-order valence-electron chi connectivity index (χ4n) is 3.79. The topological polar surface area (TPSA) is 90.4 Å². The van der Waals surface area contributed by atoms with Crippen molar-refractivity contribution in [3.8, 4) is 0 Å². The highest BCUT2D eigenvalue weighted by Gasteiger charge is 2.14. The molecule has 8 nitrogen and oxygen atoms in total. The summed E-state index contributed by atoms with van der Waals surface area (Å²) in [6, 6.07) is 21.2. The van der Waals surface area contributed by atoms with Crippen LogP contribution in [0.4, 0.5) is 5.69 Å². The van der Waals surface area contributed by atoms with Crippen LogP contribution in [0.1, 0.15) is 15.9 Å². The fourth-order valence-corrected chi connectivity index (χ4v) is 3.79. The average Bonchev–Trinajstić information content (AvgIpc) is 3.12. The van der Waals surface area contributed by atoms with Gasteiger partial charge in [-0.3, -0.25) is 14.0 Å². The Morgan fingerprint density at radius 1 is 0.969 bits per heavy atom. The van der Waals surface area contributed by atoms with Crippen LogP contribution in [0.25, 0.3) is 16.6 Å². The number of hydrogen-bond donors (Lipinski definition) is 1. The zero-order valence-electron chi connectivity index (χ0n) is 17.2. The third-order valence-electron chi connectivity index (χ3n) is 5.40. The number of hydrogen-bond acceptors (Lipinski definition) is 4. The van der Waals surface area contributed by atoms with Crippen LogP contribution in [0.5, 0.6) is 0 Å². The van der Waals surface area contributed by atoms with E-state index in [0.29, 0.717) is 27.8 Å². The Morgan fingerprint density at radius 3 is 2.62 bits per heavy atom. The molecule has 0 saturated carbocycles. The van der Waals surface area contributed by atoms with Crippen LogP contribution in [-0.2, 0) is 13.6 Å². The minimum absolute atomic E-state index is 0.235. The highest BCUT2D eigenvalue weighted by Crippen LogP contribution is 2.19. The fraction of sp³-hybridized carbons (Fsp3) is 0.0833. The van der Waals surface area contributed by atoms with Crippen molar-refractivity contribution >= 4 is 28.1 Å². The number of amides is 1. The van der Waals surface area contributed by atoms with Crippen LogP contribution in [0, 0.1) is 0 Å². The van der Waals surface area contributed by atoms with Crippen LogP contribution in [0.15, 0.2) is 88.6 Å². The molecule has 3 aromatic heterocycles. The van der Waals surface area contributed by atoms with Crippen molar-refractivity contribution in [2.24, 2.45) is 7.05 Å². The normalized spacial score (nSPS) is 11.2. The molecule has 0 aliphatic carbocycles. The van der Waals surface area contributed by atoms with Gasteiger partial charge in [0, 0.05) is 30.4 Å². The Balaban J connectivity index is 1.44. The Labute approximate surface area is 182 Å². The molecule has 2 aromatic carbocycles. The monoisotopic (exact) mass is 425 g/mol. The number of fused-ring (bicyclic) bond motifs is 2. The van der Waals surface area contributed by atoms with Crippen molar-refractivity contribution in [2.75, 3.05) is 5.32 Å². The van der Waals surface area contributed by atoms with Gasteiger partial charge in [0.15, 0.2) is 5.65 Å². The van der Waals surface area contributed by atoms with E-state index in [2.05, 4.69) is 10.4 Å². The van der Waals surface area contributed by atoms with Crippen molar-refractivity contribution < 1.29 is 4.79 Å². The summed E-state index contributed by atoms with van der Waals surface area (Å²) in [7, 11) is 1.68. The number of anilines is 1. The van der Waals surface area contributed by atoms with E-state index in [0.717, 1.165) is 5.56 Å². The summed E-state index contributed by atoms with van der Waals surface area (Å²) in [5.41, 5.74) is 2.45. The van der Waals surface area contributed by atoms with E-state index in [1.807, 2.05) is 30.3 Å². The van der Waals surface area contributed by atoms with Gasteiger partial charge in [-0.05, 0) is 35.9 Å². The van der Waals surface area contributed by atoms with Crippen LogP contribution in [-0.4, -0.2) is 24.7 Å². The van der Waals surface area contributed by atoms with Gasteiger partial charge in [-0.2, -0.15) is 0 Å². The van der Waals surface area contributed by atoms with Gasteiger partial charge in [0.05, 0.1) is 17.6 Å². The van der Waals surface area contributed by atoms with E-state index in [-0.39, 0.29) is 23.7 Å². The second kappa shape index (κ2) is 7.66. The zero-order valence-corrected chi connectivity index (χ0v) is 17.2. The number of carbonyl (C=O) groups is 1. The molecule has 0 fully saturated rings. The maximum Gasteiger partial charge on any atom is 0.350 e. The molecule has 0 aliphatic heterocycles. The van der Waals surface area contributed by atoms with E-state index >= 15 is 0 Å². The lowest BCUT2D eigenvalue weighted by atomic mass is 10.1. The summed E-state index contributed by atoms with van der Waals surface area (Å²) in [4.78, 5) is 37.8. The van der Waals surface area contributed by atoms with Crippen molar-refractivity contribution in [1.29, 1.82) is 0 Å². The summed E-state index contributed by atoms with van der Waals surface area (Å²) >= 11 is 0. The Bertz CT molecular complexity index is 1610. The van der Waals surface area contributed by atoms with Crippen molar-refractivity contribution in [3.05, 3.63) is 111 Å². The molecular formula is C24H19N5O3. The molecule has 0 bridgehead atoms. The summed E-state index contributed by atoms with van der Waals surface area (Å²) in [6.45, 7) is 0.263. The number of rotatable bonds is 4. The first kappa shape index (κ1) is 19.5. The van der Waals surface area contributed by atoms with E-state index in [9.17, 15) is 14.4 Å². The number of benzene rings is 2. The second-order valence-corrected chi connectivity index (χ2v) is 7.50. The van der Waals surface area contributed by atoms with Crippen molar-refractivity contribution in [2.45, 2.75) is 6.54 Å². The quantitative estimate of drug-likeness (QED) is 0.479. The summed E-state index contributed by atoms with van der Waals surface area (Å²) in [6.07, 6.45) is 1.67. The number of nitrogens with zero attached hydrogens (tertiary/aromatic N) is 4. The molecule has 3 heterocycles. The number of carbonyl (C=O) groups excluding carboxylic acids is 1. The molecule has 32 heavy (non-hydrogen) atoms. The molecule has 1 amide bonds. The summed E-state index contributed by atoms with van der Waals surface area (Å²) in [5, 5.41) is 7.90. The second-order valence-electron chi connectivity index (χ2n) is 7.50. The maximum absolute atomic E-state index is 13.0. The number of aryl methyl sites for hydroxylation is 1. The minimum atomic E-state index is -0.374. The van der Waals surface area contributed by atoms with Crippen LogP contribution in [0.3, 0.4) is 0 Å². The number of pyridine rings is 2. The van der Waals surface area contributed by atoms with Crippen LogP contribution < -0.4 is 16.6 Å². The molecule has 0 radical (unpaired) electrons. The Hall–Kier alpha value is -4.46. The molecule has 0 saturated heterocycles. The lowest BCUT2D eigenvalue weighted by Crippen LogP contribution is -2.22. The molecule has 1 N–H and O–H groups in total. The predicted octanol–water partition coefficient (Wildman–Crippen LogP) is 2.65. The molecule has 0 unspecified atom stereocenters. The standard InChI is InChI=1S/C24H19N5O3/c1-27-20-10-3-2-9-18(20)19(14-22(27)30)23(31)25-17-8-6-7-16(13-17)15-29-24(32)28-12-5-4-11-21(28)26-29/h2-14H,15H2,1H3,(H,25,31). The summed E-state index contributed by atoms with van der Waals surface area (Å²) < 4.78 is 4.37. The first-order chi connectivity index (χ1) is 15.5. The Morgan fingerprint density at radius 2 is 1.78 bits per heavy atom. The van der Waals surface area contributed by atoms with Gasteiger partial charge in [0.25, 0.3) is 11.5 Å². The van der Waals surface area contributed by atoms with Crippen molar-refractivity contribution in [3.63, 3.8) is 0 Å². The van der Waals surface area contributed by atoms with Gasteiger partial charge in [-0.15, -0.1) is 5.10 Å². The number of aromatic nitrogens is 4. The van der Waals surface area contributed by atoms with Gasteiger partial charge in [0.2, 0.25) is 0 Å². The van der Waals surface area contributed by atoms with Gasteiger partial charge in [-0.1, -0.05) is 36.4 Å². The molecule has 5 aromatic rings. The van der Waals surface area contributed by atoms with Crippen LogP contribution >= 0.6 is 0 Å². The van der Waals surface area contributed by atoms with Gasteiger partial charge in [0.1, 0.15) is 0 Å². The molecule has 0 spiro atoms. The molecule has 8 heteroatoms. The average molecular weight is 425 g/mol. The van der Waals surface area contributed by atoms with Gasteiger partial charge >= 0.3 is 5.69 Å². The van der Waals surface area contributed by atoms with E-state index < -0.39 is 0 Å². The lowest BCUT2D eigenvalue weighted by Gasteiger charge is -2.11. The highest BCUT2D eigenvalue weighted by atomic mass is 16.2. The third kappa shape index (κ3) is 3.37. The van der Waals surface area contributed by atoms with E-state index in [1.165, 1.54) is 19.7 Å². The van der Waals surface area contributed by atoms with E-state index in [1.54, 1.807) is 49.6 Å². The first-order valence-corrected chi connectivity index (χ1v) is 10.0. The largest absolute Gasteiger partial charge is 0.350 e. The molecule has 5 rings (SSSR count). The van der Waals surface area contributed by atoms with Gasteiger partial charge < -0.3 is 9.88 Å². The smallest absolute Gasteiger partial charge is 0.322 e. The zero-order chi connectivity index (χ0) is 22.2. The minimum Gasteiger partial charge on any atom is -0.322 e. The SMILES string of the molecule is Cn1c(=O)cc(C(=O)Nc2cccc(Cn3nc4ccccn4c3=O)c2)c2ccccc21. The maximum atomic E-state index is 13.0. The van der Waals surface area contributed by atoms with Crippen molar-refractivity contribution in [1.82, 2.24) is 18.7 Å². The van der Waals surface area contributed by atoms with Crippen LogP contribution in [0.2, 0.25) is 0 Å². The Kier molecular flexibility index (Phi) is 4.67. The third-order valence-corrected chi connectivity index (χ3v) is 5.40. The van der Waals surface area contributed by atoms with Gasteiger partial charge in [-0.25, -0.2) is 9.48 Å². The molecular weight excluding hydrogens is 406 g/mol. The number of para-hydroxylation sites is 1. The molecule has 158 valence electrons. The number of nitrogens with one attached hydrogen (secondary N) is 1. The predicted molar refractivity (Wildman–Crippen MR) is 122 cm³/mol. The molecule has 0 atom stereocenters. The first-order valence-electron chi connectivity index (χ1n) is 10.0. The highest BCUT2D eigenvalue weighted by molar-refractivity contribution is 6.12. The summed E-state index contributed by atoms with van der Waals surface area (Å²) in [5.74, 6) is -0.374. The lowest BCUT2D eigenvalue weighted by molar-refractivity contribution is 0.102.